The van der Waals surface area contributed by atoms with Gasteiger partial charge < -0.3 is 15.0 Å². The molecule has 0 bridgehead atoms. The summed E-state index contributed by atoms with van der Waals surface area (Å²) in [5, 5.41) is 7.15. The maximum Gasteiger partial charge on any atom is 0.256 e. The number of carbonyl (C=O) groups excluding carboxylic acids is 2. The second kappa shape index (κ2) is 9.42. The van der Waals surface area contributed by atoms with Crippen molar-refractivity contribution in [3.8, 4) is 11.4 Å². The fourth-order valence-electron chi connectivity index (χ4n) is 3.78. The fourth-order valence-corrected chi connectivity index (χ4v) is 3.78. The molecular formula is C23H25N5O3. The average molecular weight is 419 g/mol. The molecule has 160 valence electrons. The number of aromatic nitrogens is 3. The molecule has 3 aromatic rings. The van der Waals surface area contributed by atoms with Crippen LogP contribution < -0.4 is 10.1 Å². The van der Waals surface area contributed by atoms with Crippen molar-refractivity contribution < 1.29 is 14.3 Å². The van der Waals surface area contributed by atoms with Crippen LogP contribution in [-0.2, 0) is 11.3 Å². The Kier molecular flexibility index (Phi) is 6.26. The van der Waals surface area contributed by atoms with Gasteiger partial charge in [-0.2, -0.15) is 5.10 Å². The molecule has 2 aromatic carbocycles. The second-order valence-electron chi connectivity index (χ2n) is 7.49. The van der Waals surface area contributed by atoms with Crippen molar-refractivity contribution >= 4 is 11.8 Å². The van der Waals surface area contributed by atoms with E-state index in [-0.39, 0.29) is 17.7 Å². The van der Waals surface area contributed by atoms with Crippen LogP contribution in [0.3, 0.4) is 0 Å². The standard InChI is InChI=1S/C23H25N5O3/c1-31-19-8-6-17(7-9-19)14-25-22(29)18-10-12-27(13-11-18)23(30)20-4-2-3-5-21(20)28-16-24-15-26-28/h2-9,15-16,18H,10-14H2,1H3,(H,25,29). The average Bonchev–Trinajstić information content (AvgIpc) is 3.37. The zero-order chi connectivity index (χ0) is 21.6. The monoisotopic (exact) mass is 419 g/mol. The van der Waals surface area contributed by atoms with Crippen LogP contribution in [-0.4, -0.2) is 51.7 Å². The van der Waals surface area contributed by atoms with Gasteiger partial charge in [0.2, 0.25) is 5.91 Å². The summed E-state index contributed by atoms with van der Waals surface area (Å²) in [6.07, 6.45) is 4.31. The van der Waals surface area contributed by atoms with E-state index < -0.39 is 0 Å². The van der Waals surface area contributed by atoms with E-state index in [1.807, 2.05) is 47.4 Å². The highest BCUT2D eigenvalue weighted by molar-refractivity contribution is 5.98. The number of amides is 2. The Morgan fingerprint density at radius 1 is 1.10 bits per heavy atom. The van der Waals surface area contributed by atoms with Crippen LogP contribution in [0.25, 0.3) is 5.69 Å². The van der Waals surface area contributed by atoms with Gasteiger partial charge in [-0.05, 0) is 42.7 Å². The first-order valence-corrected chi connectivity index (χ1v) is 10.3. The van der Waals surface area contributed by atoms with Gasteiger partial charge in [0.05, 0.1) is 18.4 Å². The van der Waals surface area contributed by atoms with Crippen molar-refractivity contribution in [2.24, 2.45) is 5.92 Å². The summed E-state index contributed by atoms with van der Waals surface area (Å²) in [6.45, 7) is 1.57. The number of carbonyl (C=O) groups is 2. The SMILES string of the molecule is COc1ccc(CNC(=O)C2CCN(C(=O)c3ccccc3-n3cncn3)CC2)cc1. The normalized spacial score (nSPS) is 14.3. The molecule has 8 heteroatoms. The molecule has 1 N–H and O–H groups in total. The number of rotatable bonds is 6. The zero-order valence-corrected chi connectivity index (χ0v) is 17.4. The van der Waals surface area contributed by atoms with Crippen molar-refractivity contribution in [3.05, 3.63) is 72.3 Å². The van der Waals surface area contributed by atoms with E-state index >= 15 is 0 Å². The fraction of sp³-hybridized carbons (Fsp3) is 0.304. The van der Waals surface area contributed by atoms with Gasteiger partial charge >= 0.3 is 0 Å². The zero-order valence-electron chi connectivity index (χ0n) is 17.4. The predicted octanol–water partition coefficient (Wildman–Crippen LogP) is 2.44. The van der Waals surface area contributed by atoms with E-state index in [9.17, 15) is 9.59 Å². The predicted molar refractivity (Wildman–Crippen MR) is 115 cm³/mol. The van der Waals surface area contributed by atoms with Gasteiger partial charge in [0.1, 0.15) is 18.4 Å². The maximum atomic E-state index is 13.1. The molecule has 2 amide bonds. The largest absolute Gasteiger partial charge is 0.497 e. The van der Waals surface area contributed by atoms with Crippen LogP contribution in [0, 0.1) is 5.92 Å². The summed E-state index contributed by atoms with van der Waals surface area (Å²) >= 11 is 0. The Morgan fingerprint density at radius 2 is 1.84 bits per heavy atom. The molecule has 4 rings (SSSR count). The van der Waals surface area contributed by atoms with Gasteiger partial charge in [0.15, 0.2) is 0 Å². The van der Waals surface area contributed by atoms with Gasteiger partial charge in [-0.1, -0.05) is 24.3 Å². The second-order valence-corrected chi connectivity index (χ2v) is 7.49. The molecule has 0 spiro atoms. The topological polar surface area (TPSA) is 89.4 Å². The molecule has 0 saturated carbocycles. The number of hydrogen-bond acceptors (Lipinski definition) is 5. The lowest BCUT2D eigenvalue weighted by Crippen LogP contribution is -2.43. The third-order valence-electron chi connectivity index (χ3n) is 5.58. The molecule has 0 aliphatic carbocycles. The summed E-state index contributed by atoms with van der Waals surface area (Å²) in [5.41, 5.74) is 2.30. The number of ether oxygens (including phenoxy) is 1. The molecule has 8 nitrogen and oxygen atoms in total. The molecule has 1 aliphatic rings. The maximum absolute atomic E-state index is 13.1. The van der Waals surface area contributed by atoms with E-state index in [0.29, 0.717) is 43.7 Å². The van der Waals surface area contributed by atoms with Crippen LogP contribution in [0.15, 0.2) is 61.2 Å². The summed E-state index contributed by atoms with van der Waals surface area (Å²) in [7, 11) is 1.63. The molecule has 1 fully saturated rings. The number of likely N-dealkylation sites (tertiary alicyclic amines) is 1. The van der Waals surface area contributed by atoms with Crippen molar-refractivity contribution in [1.82, 2.24) is 25.0 Å². The summed E-state index contributed by atoms with van der Waals surface area (Å²) in [6, 6.07) is 15.0. The van der Waals surface area contributed by atoms with Gasteiger partial charge in [0, 0.05) is 25.6 Å². The highest BCUT2D eigenvalue weighted by Crippen LogP contribution is 2.22. The van der Waals surface area contributed by atoms with E-state index in [0.717, 1.165) is 11.3 Å². The molecule has 2 heterocycles. The number of nitrogens with one attached hydrogen (secondary N) is 1. The number of hydrogen-bond donors (Lipinski definition) is 1. The van der Waals surface area contributed by atoms with Crippen LogP contribution in [0.4, 0.5) is 0 Å². The molecule has 1 saturated heterocycles. The first-order valence-electron chi connectivity index (χ1n) is 10.3. The number of methoxy groups -OCH3 is 1. The van der Waals surface area contributed by atoms with Crippen molar-refractivity contribution in [1.29, 1.82) is 0 Å². The van der Waals surface area contributed by atoms with Crippen molar-refractivity contribution in [2.75, 3.05) is 20.2 Å². The van der Waals surface area contributed by atoms with E-state index in [1.165, 1.54) is 6.33 Å². The van der Waals surface area contributed by atoms with Crippen LogP contribution in [0.2, 0.25) is 0 Å². The molecule has 0 radical (unpaired) electrons. The summed E-state index contributed by atoms with van der Waals surface area (Å²) in [4.78, 5) is 31.5. The third kappa shape index (κ3) is 4.74. The molecule has 1 aliphatic heterocycles. The summed E-state index contributed by atoms with van der Waals surface area (Å²) < 4.78 is 6.74. The highest BCUT2D eigenvalue weighted by Gasteiger charge is 2.28. The molecule has 0 atom stereocenters. The van der Waals surface area contributed by atoms with Crippen molar-refractivity contribution in [2.45, 2.75) is 19.4 Å². The Morgan fingerprint density at radius 3 is 2.52 bits per heavy atom. The molecule has 0 unspecified atom stereocenters. The molecule has 31 heavy (non-hydrogen) atoms. The molecule has 1 aromatic heterocycles. The van der Waals surface area contributed by atoms with Gasteiger partial charge in [0.25, 0.3) is 5.91 Å². The number of piperidine rings is 1. The van der Waals surface area contributed by atoms with E-state index in [1.54, 1.807) is 24.2 Å². The highest BCUT2D eigenvalue weighted by atomic mass is 16.5. The Bertz CT molecular complexity index is 1030. The minimum atomic E-state index is -0.0899. The van der Waals surface area contributed by atoms with Gasteiger partial charge in [-0.25, -0.2) is 9.67 Å². The Labute approximate surface area is 180 Å². The van der Waals surface area contributed by atoms with Crippen LogP contribution in [0.1, 0.15) is 28.8 Å². The van der Waals surface area contributed by atoms with Crippen LogP contribution >= 0.6 is 0 Å². The minimum absolute atomic E-state index is 0.0333. The lowest BCUT2D eigenvalue weighted by molar-refractivity contribution is -0.126. The van der Waals surface area contributed by atoms with E-state index in [2.05, 4.69) is 15.4 Å². The molecular weight excluding hydrogens is 394 g/mol. The van der Waals surface area contributed by atoms with Crippen LogP contribution in [0.5, 0.6) is 5.75 Å². The summed E-state index contributed by atoms with van der Waals surface area (Å²) in [5.74, 6) is 0.680. The third-order valence-corrected chi connectivity index (χ3v) is 5.58. The lowest BCUT2D eigenvalue weighted by Gasteiger charge is -2.31. The first kappa shape index (κ1) is 20.6. The quantitative estimate of drug-likeness (QED) is 0.663. The number of para-hydroxylation sites is 1. The smallest absolute Gasteiger partial charge is 0.256 e. The Balaban J connectivity index is 1.32. The Hall–Kier alpha value is -3.68. The van der Waals surface area contributed by atoms with Gasteiger partial charge in [-0.15, -0.1) is 0 Å². The number of nitrogens with zero attached hydrogens (tertiary/aromatic N) is 4. The van der Waals surface area contributed by atoms with Gasteiger partial charge in [-0.3, -0.25) is 9.59 Å². The minimum Gasteiger partial charge on any atom is -0.497 e. The van der Waals surface area contributed by atoms with E-state index in [4.69, 9.17) is 4.74 Å². The first-order chi connectivity index (χ1) is 15.2. The van der Waals surface area contributed by atoms with Crippen molar-refractivity contribution in [3.63, 3.8) is 0 Å². The number of benzene rings is 2. The lowest BCUT2D eigenvalue weighted by atomic mass is 9.95.